The summed E-state index contributed by atoms with van der Waals surface area (Å²) >= 11 is 9.02. The van der Waals surface area contributed by atoms with Crippen molar-refractivity contribution in [3.8, 4) is 6.07 Å². The normalized spacial score (nSPS) is 11.8. The topological polar surface area (TPSA) is 40.9 Å². The Morgan fingerprint density at radius 3 is 2.38 bits per heavy atom. The van der Waals surface area contributed by atoms with Gasteiger partial charge in [-0.3, -0.25) is 4.79 Å². The van der Waals surface area contributed by atoms with Crippen molar-refractivity contribution in [2.24, 2.45) is 0 Å². The molecule has 0 heterocycles. The first-order chi connectivity index (χ1) is 9.92. The molecule has 1 atom stereocenters. The summed E-state index contributed by atoms with van der Waals surface area (Å²) in [5.74, 6) is -3.59. The maximum absolute atomic E-state index is 13.2. The van der Waals surface area contributed by atoms with Gasteiger partial charge in [-0.05, 0) is 35.9 Å². The molecular weight excluding hydrogens is 364 g/mol. The summed E-state index contributed by atoms with van der Waals surface area (Å²) in [6.45, 7) is 0. The number of benzene rings is 2. The van der Waals surface area contributed by atoms with Crippen LogP contribution in [0.15, 0.2) is 40.9 Å². The fourth-order valence-electron chi connectivity index (χ4n) is 1.87. The molecule has 0 amide bonds. The zero-order valence-electron chi connectivity index (χ0n) is 10.4. The molecule has 2 nitrogen and oxygen atoms in total. The molecule has 21 heavy (non-hydrogen) atoms. The standard InChI is InChI=1S/C15H7BrClF2NO/c16-14-2-1-9(17)5-12(14)15(21)13(7-20)8-3-10(18)6-11(19)4-8/h1-6,13H. The van der Waals surface area contributed by atoms with E-state index in [0.717, 1.165) is 12.1 Å². The van der Waals surface area contributed by atoms with Gasteiger partial charge in [-0.1, -0.05) is 27.5 Å². The fraction of sp³-hybridized carbons (Fsp3) is 0.0667. The Morgan fingerprint density at radius 1 is 1.19 bits per heavy atom. The average molecular weight is 371 g/mol. The van der Waals surface area contributed by atoms with E-state index in [1.54, 1.807) is 18.2 Å². The molecule has 0 N–H and O–H groups in total. The number of carbonyl (C=O) groups excluding carboxylic acids is 1. The summed E-state index contributed by atoms with van der Waals surface area (Å²) in [5.41, 5.74) is 0.144. The van der Waals surface area contributed by atoms with Crippen LogP contribution in [0.5, 0.6) is 0 Å². The van der Waals surface area contributed by atoms with Crippen LogP contribution in [0, 0.1) is 23.0 Å². The molecule has 6 heteroatoms. The van der Waals surface area contributed by atoms with Crippen LogP contribution in [-0.2, 0) is 0 Å². The second-order valence-electron chi connectivity index (χ2n) is 4.25. The molecule has 0 aromatic heterocycles. The monoisotopic (exact) mass is 369 g/mol. The van der Waals surface area contributed by atoms with Crippen molar-refractivity contribution in [3.63, 3.8) is 0 Å². The van der Waals surface area contributed by atoms with Crippen LogP contribution in [-0.4, -0.2) is 5.78 Å². The van der Waals surface area contributed by atoms with Gasteiger partial charge in [0.05, 0.1) is 6.07 Å². The van der Waals surface area contributed by atoms with Crippen LogP contribution in [0.4, 0.5) is 8.78 Å². The maximum Gasteiger partial charge on any atom is 0.185 e. The van der Waals surface area contributed by atoms with Crippen molar-refractivity contribution in [2.75, 3.05) is 0 Å². The molecule has 2 aromatic rings. The molecule has 0 spiro atoms. The van der Waals surface area contributed by atoms with E-state index < -0.39 is 23.3 Å². The Balaban J connectivity index is 2.48. The van der Waals surface area contributed by atoms with Gasteiger partial charge in [0.1, 0.15) is 17.6 Å². The first kappa shape index (κ1) is 15.6. The molecular formula is C15H7BrClF2NO. The lowest BCUT2D eigenvalue weighted by atomic mass is 9.92. The highest BCUT2D eigenvalue weighted by atomic mass is 79.9. The number of hydrogen-bond acceptors (Lipinski definition) is 2. The molecule has 106 valence electrons. The van der Waals surface area contributed by atoms with Gasteiger partial charge in [0.25, 0.3) is 0 Å². The smallest absolute Gasteiger partial charge is 0.185 e. The van der Waals surface area contributed by atoms with Crippen LogP contribution in [0.2, 0.25) is 5.02 Å². The van der Waals surface area contributed by atoms with Crippen LogP contribution < -0.4 is 0 Å². The van der Waals surface area contributed by atoms with E-state index in [2.05, 4.69) is 15.9 Å². The maximum atomic E-state index is 13.2. The van der Waals surface area contributed by atoms with Gasteiger partial charge >= 0.3 is 0 Å². The third-order valence-corrected chi connectivity index (χ3v) is 3.73. The quantitative estimate of drug-likeness (QED) is 0.723. The van der Waals surface area contributed by atoms with Crippen molar-refractivity contribution < 1.29 is 13.6 Å². The summed E-state index contributed by atoms with van der Waals surface area (Å²) in [6.07, 6.45) is 0. The highest BCUT2D eigenvalue weighted by molar-refractivity contribution is 9.10. The van der Waals surface area contributed by atoms with Gasteiger partial charge in [-0.25, -0.2) is 8.78 Å². The summed E-state index contributed by atoms with van der Waals surface area (Å²) < 4.78 is 26.9. The summed E-state index contributed by atoms with van der Waals surface area (Å²) in [5, 5.41) is 9.51. The second kappa shape index (κ2) is 6.33. The van der Waals surface area contributed by atoms with E-state index in [0.29, 0.717) is 15.6 Å². The van der Waals surface area contributed by atoms with E-state index >= 15 is 0 Å². The predicted octanol–water partition coefficient (Wildman–Crippen LogP) is 4.87. The molecule has 0 radical (unpaired) electrons. The molecule has 0 aliphatic heterocycles. The lowest BCUT2D eigenvalue weighted by Crippen LogP contribution is -2.12. The minimum Gasteiger partial charge on any atom is -0.292 e. The molecule has 0 saturated carbocycles. The second-order valence-corrected chi connectivity index (χ2v) is 5.54. The van der Waals surface area contributed by atoms with Crippen molar-refractivity contribution in [1.29, 1.82) is 5.26 Å². The highest BCUT2D eigenvalue weighted by Gasteiger charge is 2.25. The number of hydrogen-bond donors (Lipinski definition) is 0. The van der Waals surface area contributed by atoms with E-state index in [1.165, 1.54) is 6.07 Å². The molecule has 0 aliphatic rings. The van der Waals surface area contributed by atoms with Gasteiger partial charge in [-0.15, -0.1) is 0 Å². The SMILES string of the molecule is N#CC(C(=O)c1cc(Cl)ccc1Br)c1cc(F)cc(F)c1. The van der Waals surface area contributed by atoms with E-state index in [1.807, 2.05) is 0 Å². The Kier molecular flexibility index (Phi) is 4.71. The van der Waals surface area contributed by atoms with Crippen LogP contribution in [0.1, 0.15) is 21.8 Å². The molecule has 0 aliphatic carbocycles. The Bertz CT molecular complexity index is 738. The zero-order chi connectivity index (χ0) is 15.6. The van der Waals surface area contributed by atoms with Gasteiger partial charge < -0.3 is 0 Å². The molecule has 0 fully saturated rings. The van der Waals surface area contributed by atoms with Crippen LogP contribution in [0.3, 0.4) is 0 Å². The number of Topliss-reactive ketones (excluding diaryl/α,β-unsaturated/α-hetero) is 1. The molecule has 1 unspecified atom stereocenters. The first-order valence-corrected chi connectivity index (χ1v) is 6.94. The van der Waals surface area contributed by atoms with Crippen molar-refractivity contribution in [3.05, 3.63) is 68.7 Å². The van der Waals surface area contributed by atoms with E-state index in [-0.39, 0.29) is 11.1 Å². The Labute approximate surface area is 133 Å². The summed E-state index contributed by atoms with van der Waals surface area (Å²) in [7, 11) is 0. The highest BCUT2D eigenvalue weighted by Crippen LogP contribution is 2.28. The molecule has 0 bridgehead atoms. The van der Waals surface area contributed by atoms with E-state index in [4.69, 9.17) is 11.6 Å². The number of carbonyl (C=O) groups is 1. The fourth-order valence-corrected chi connectivity index (χ4v) is 2.48. The average Bonchev–Trinajstić information content (AvgIpc) is 2.41. The molecule has 2 aromatic carbocycles. The lowest BCUT2D eigenvalue weighted by molar-refractivity contribution is 0.0978. The predicted molar refractivity (Wildman–Crippen MR) is 78.2 cm³/mol. The van der Waals surface area contributed by atoms with Gasteiger partial charge in [-0.2, -0.15) is 5.26 Å². The largest absolute Gasteiger partial charge is 0.292 e. The molecule has 2 rings (SSSR count). The van der Waals surface area contributed by atoms with Crippen LogP contribution in [0.25, 0.3) is 0 Å². The first-order valence-electron chi connectivity index (χ1n) is 5.77. The number of nitrogens with zero attached hydrogens (tertiary/aromatic N) is 1. The van der Waals surface area contributed by atoms with Crippen molar-refractivity contribution in [2.45, 2.75) is 5.92 Å². The lowest BCUT2D eigenvalue weighted by Gasteiger charge is -2.11. The third kappa shape index (κ3) is 3.46. The van der Waals surface area contributed by atoms with Crippen molar-refractivity contribution in [1.82, 2.24) is 0 Å². The minimum atomic E-state index is -1.31. The number of nitriles is 1. The van der Waals surface area contributed by atoms with Gasteiger partial charge in [0.2, 0.25) is 0 Å². The van der Waals surface area contributed by atoms with Crippen LogP contribution >= 0.6 is 27.5 Å². The Hall–Kier alpha value is -1.77. The van der Waals surface area contributed by atoms with Gasteiger partial charge in [0.15, 0.2) is 5.78 Å². The summed E-state index contributed by atoms with van der Waals surface area (Å²) in [6, 6.07) is 8.92. The Morgan fingerprint density at radius 2 is 1.81 bits per heavy atom. The number of rotatable bonds is 3. The summed E-state index contributed by atoms with van der Waals surface area (Å²) in [4.78, 5) is 12.4. The minimum absolute atomic E-state index is 0.0353. The van der Waals surface area contributed by atoms with Gasteiger partial charge in [0, 0.05) is 21.1 Å². The third-order valence-electron chi connectivity index (χ3n) is 2.80. The van der Waals surface area contributed by atoms with Crippen molar-refractivity contribution >= 4 is 33.3 Å². The zero-order valence-corrected chi connectivity index (χ0v) is 12.8. The molecule has 0 saturated heterocycles. The number of ketones is 1. The number of halogens is 4. The van der Waals surface area contributed by atoms with E-state index in [9.17, 15) is 18.8 Å².